The maximum atomic E-state index is 11.2. The van der Waals surface area contributed by atoms with Crippen LogP contribution in [-0.4, -0.2) is 10.9 Å². The van der Waals surface area contributed by atoms with Crippen LogP contribution in [0.4, 0.5) is 0 Å². The molecule has 1 aromatic carbocycles. The van der Waals surface area contributed by atoms with E-state index in [-0.39, 0.29) is 0 Å². The second-order valence-corrected chi connectivity index (χ2v) is 4.44. The third-order valence-corrected chi connectivity index (χ3v) is 3.33. The lowest BCUT2D eigenvalue weighted by atomic mass is 10.1. The Labute approximate surface area is 95.8 Å². The van der Waals surface area contributed by atoms with E-state index in [1.807, 2.05) is 19.9 Å². The highest BCUT2D eigenvalue weighted by Crippen LogP contribution is 2.30. The number of aromatic nitrogens is 1. The molecule has 1 heterocycles. The summed E-state index contributed by atoms with van der Waals surface area (Å²) in [5, 5.41) is 1.03. The first-order chi connectivity index (χ1) is 7.02. The van der Waals surface area contributed by atoms with Gasteiger partial charge in [0.1, 0.15) is 0 Å². The van der Waals surface area contributed by atoms with Crippen molar-refractivity contribution in [3.05, 3.63) is 33.4 Å². The second-order valence-electron chi connectivity index (χ2n) is 3.58. The van der Waals surface area contributed by atoms with Gasteiger partial charge in [-0.25, -0.2) is 0 Å². The summed E-state index contributed by atoms with van der Waals surface area (Å²) < 4.78 is 0.976. The monoisotopic (exact) mass is 266 g/mol. The van der Waals surface area contributed by atoms with Crippen LogP contribution < -0.4 is 5.73 Å². The van der Waals surface area contributed by atoms with E-state index in [1.54, 1.807) is 6.07 Å². The molecule has 3 N–H and O–H groups in total. The number of carbonyl (C=O) groups is 1. The number of aromatic amines is 1. The van der Waals surface area contributed by atoms with Crippen molar-refractivity contribution < 1.29 is 4.79 Å². The summed E-state index contributed by atoms with van der Waals surface area (Å²) in [5.41, 5.74) is 8.85. The molecule has 1 aromatic heterocycles. The molecule has 0 fully saturated rings. The minimum absolute atomic E-state index is 0.409. The van der Waals surface area contributed by atoms with Crippen molar-refractivity contribution in [2.24, 2.45) is 5.73 Å². The van der Waals surface area contributed by atoms with Gasteiger partial charge in [0.25, 0.3) is 5.91 Å². The summed E-state index contributed by atoms with van der Waals surface area (Å²) >= 11 is 3.47. The Kier molecular flexibility index (Phi) is 2.31. The average Bonchev–Trinajstić information content (AvgIpc) is 2.44. The molecule has 0 aliphatic heterocycles. The molecule has 0 radical (unpaired) electrons. The SMILES string of the molecule is Cc1[nH]c2c(C(N)=O)ccc(Br)c2c1C. The van der Waals surface area contributed by atoms with E-state index in [2.05, 4.69) is 20.9 Å². The van der Waals surface area contributed by atoms with Crippen LogP contribution in [0.15, 0.2) is 16.6 Å². The number of hydrogen-bond donors (Lipinski definition) is 2. The van der Waals surface area contributed by atoms with E-state index in [0.29, 0.717) is 5.56 Å². The van der Waals surface area contributed by atoms with Gasteiger partial charge in [-0.2, -0.15) is 0 Å². The Balaban J connectivity index is 2.95. The van der Waals surface area contributed by atoms with Crippen molar-refractivity contribution in [3.63, 3.8) is 0 Å². The highest BCUT2D eigenvalue weighted by Gasteiger charge is 2.13. The van der Waals surface area contributed by atoms with Gasteiger partial charge in [-0.3, -0.25) is 4.79 Å². The van der Waals surface area contributed by atoms with Gasteiger partial charge in [0.05, 0.1) is 11.1 Å². The summed E-state index contributed by atoms with van der Waals surface area (Å²) in [7, 11) is 0. The third-order valence-electron chi connectivity index (χ3n) is 2.67. The third kappa shape index (κ3) is 1.45. The maximum Gasteiger partial charge on any atom is 0.250 e. The van der Waals surface area contributed by atoms with Crippen LogP contribution in [0.25, 0.3) is 10.9 Å². The molecular formula is C11H11BrN2O. The van der Waals surface area contributed by atoms with Crippen LogP contribution in [0, 0.1) is 13.8 Å². The molecule has 2 aromatic rings. The molecule has 1 amide bonds. The molecule has 0 atom stereocenters. The number of halogens is 1. The van der Waals surface area contributed by atoms with E-state index in [9.17, 15) is 4.79 Å². The van der Waals surface area contributed by atoms with Gasteiger partial charge in [0.15, 0.2) is 0 Å². The van der Waals surface area contributed by atoms with Gasteiger partial charge >= 0.3 is 0 Å². The minimum Gasteiger partial charge on any atom is -0.366 e. The average molecular weight is 267 g/mol. The van der Waals surface area contributed by atoms with Gasteiger partial charge in [-0.15, -0.1) is 0 Å². The Morgan fingerprint density at radius 2 is 2.07 bits per heavy atom. The maximum absolute atomic E-state index is 11.2. The molecule has 78 valence electrons. The van der Waals surface area contributed by atoms with Crippen LogP contribution in [-0.2, 0) is 0 Å². The zero-order valence-electron chi connectivity index (χ0n) is 8.52. The lowest BCUT2D eigenvalue weighted by Gasteiger charge is -2.00. The number of H-pyrrole nitrogens is 1. The zero-order chi connectivity index (χ0) is 11.2. The summed E-state index contributed by atoms with van der Waals surface area (Å²) in [4.78, 5) is 14.4. The number of nitrogens with one attached hydrogen (secondary N) is 1. The smallest absolute Gasteiger partial charge is 0.250 e. The van der Waals surface area contributed by atoms with Crippen LogP contribution in [0.1, 0.15) is 21.6 Å². The number of benzene rings is 1. The summed E-state index contributed by atoms with van der Waals surface area (Å²) in [5.74, 6) is -0.409. The Morgan fingerprint density at radius 1 is 1.40 bits per heavy atom. The molecule has 0 saturated carbocycles. The van der Waals surface area contributed by atoms with Gasteiger partial charge < -0.3 is 10.7 Å². The van der Waals surface area contributed by atoms with Gasteiger partial charge in [-0.1, -0.05) is 15.9 Å². The van der Waals surface area contributed by atoms with Crippen molar-refractivity contribution in [3.8, 4) is 0 Å². The summed E-state index contributed by atoms with van der Waals surface area (Å²) in [6.45, 7) is 4.00. The quantitative estimate of drug-likeness (QED) is 0.819. The molecular weight excluding hydrogens is 256 g/mol. The molecule has 0 unspecified atom stereocenters. The fourth-order valence-electron chi connectivity index (χ4n) is 1.75. The standard InChI is InChI=1S/C11H11BrN2O/c1-5-6(2)14-10-7(11(13)15)3-4-8(12)9(5)10/h3-4,14H,1-2H3,(H2,13,15). The lowest BCUT2D eigenvalue weighted by molar-refractivity contribution is 0.100. The molecule has 0 bridgehead atoms. The first-order valence-electron chi connectivity index (χ1n) is 4.59. The number of hydrogen-bond acceptors (Lipinski definition) is 1. The Morgan fingerprint density at radius 3 is 2.67 bits per heavy atom. The molecule has 0 aliphatic rings. The normalized spacial score (nSPS) is 10.9. The van der Waals surface area contributed by atoms with Crippen molar-refractivity contribution in [2.45, 2.75) is 13.8 Å². The van der Waals surface area contributed by atoms with Crippen LogP contribution >= 0.6 is 15.9 Å². The first-order valence-corrected chi connectivity index (χ1v) is 5.39. The number of amides is 1. The highest BCUT2D eigenvalue weighted by atomic mass is 79.9. The first kappa shape index (κ1) is 10.2. The summed E-state index contributed by atoms with van der Waals surface area (Å²) in [6, 6.07) is 3.58. The van der Waals surface area contributed by atoms with E-state index in [4.69, 9.17) is 5.73 Å². The van der Waals surface area contributed by atoms with Crippen molar-refractivity contribution >= 4 is 32.7 Å². The number of primary amides is 1. The predicted octanol–water partition coefficient (Wildman–Crippen LogP) is 2.65. The van der Waals surface area contributed by atoms with Gasteiger partial charge in [-0.05, 0) is 31.5 Å². The van der Waals surface area contributed by atoms with Gasteiger partial charge in [0.2, 0.25) is 0 Å². The predicted molar refractivity (Wildman–Crippen MR) is 64.0 cm³/mol. The van der Waals surface area contributed by atoms with Gasteiger partial charge in [0, 0.05) is 15.6 Å². The second kappa shape index (κ2) is 3.38. The van der Waals surface area contributed by atoms with E-state index in [0.717, 1.165) is 26.6 Å². The molecule has 0 aliphatic carbocycles. The Bertz CT molecular complexity index is 557. The molecule has 0 saturated heterocycles. The van der Waals surface area contributed by atoms with Crippen molar-refractivity contribution in [1.82, 2.24) is 4.98 Å². The lowest BCUT2D eigenvalue weighted by Crippen LogP contribution is -2.11. The van der Waals surface area contributed by atoms with Crippen molar-refractivity contribution in [1.29, 1.82) is 0 Å². The number of aryl methyl sites for hydroxylation is 2. The van der Waals surface area contributed by atoms with E-state index >= 15 is 0 Å². The molecule has 4 heteroatoms. The largest absolute Gasteiger partial charge is 0.366 e. The van der Waals surface area contributed by atoms with E-state index in [1.165, 1.54) is 0 Å². The summed E-state index contributed by atoms with van der Waals surface area (Å²) in [6.07, 6.45) is 0. The topological polar surface area (TPSA) is 58.9 Å². The fraction of sp³-hybridized carbons (Fsp3) is 0.182. The molecule has 0 spiro atoms. The number of fused-ring (bicyclic) bond motifs is 1. The zero-order valence-corrected chi connectivity index (χ0v) is 10.1. The van der Waals surface area contributed by atoms with Crippen LogP contribution in [0.3, 0.4) is 0 Å². The highest BCUT2D eigenvalue weighted by molar-refractivity contribution is 9.10. The van der Waals surface area contributed by atoms with E-state index < -0.39 is 5.91 Å². The minimum atomic E-state index is -0.409. The number of nitrogens with two attached hydrogens (primary N) is 1. The van der Waals surface area contributed by atoms with Crippen molar-refractivity contribution in [2.75, 3.05) is 0 Å². The van der Waals surface area contributed by atoms with Crippen LogP contribution in [0.2, 0.25) is 0 Å². The Hall–Kier alpha value is -1.29. The van der Waals surface area contributed by atoms with Crippen LogP contribution in [0.5, 0.6) is 0 Å². The number of carbonyl (C=O) groups excluding carboxylic acids is 1. The number of rotatable bonds is 1. The fourth-order valence-corrected chi connectivity index (χ4v) is 2.38. The molecule has 15 heavy (non-hydrogen) atoms. The molecule has 2 rings (SSSR count). The molecule has 3 nitrogen and oxygen atoms in total.